The average Bonchev–Trinajstić information content (AvgIpc) is 1.27. The van der Waals surface area contributed by atoms with Crippen LogP contribution in [0.3, 0.4) is 0 Å². The number of aromatic nitrogens is 2. The lowest BCUT2D eigenvalue weighted by molar-refractivity contribution is 0.590. The Bertz CT molecular complexity index is 8070. The highest BCUT2D eigenvalue weighted by molar-refractivity contribution is 7.00. The van der Waals surface area contributed by atoms with Crippen molar-refractivity contribution in [3.8, 4) is 100 Å². The second kappa shape index (κ2) is 31.3. The van der Waals surface area contributed by atoms with Gasteiger partial charge >= 0.3 is 0 Å². The molecule has 0 atom stereocenters. The van der Waals surface area contributed by atoms with Crippen LogP contribution >= 0.6 is 0 Å². The summed E-state index contributed by atoms with van der Waals surface area (Å²) < 4.78 is 5.21. The van der Waals surface area contributed by atoms with E-state index in [0.29, 0.717) is 0 Å². The standard InChI is InChI=1S/C132H91BN4/c1-130(2,3)98-78-125-127-126(79-98)137(129-107(90-50-22-8-23-51-90)76-93(87-44-16-5-17-45-87)77-108(129)91-52-24-9-25-53-91)124-81-100(135-120-69-41-37-65-104(120)112-83-110-102-63-35-39-67-114(102)132(116(110)85-122(112)135,96-58-30-12-31-59-96)97-60-32-13-33-61-97)71-73-118(124)133(127)117-72-70-99(80-123(117)136(125)128-105(88-46-18-6-19-47-88)74-92(86-42-14-4-15-43-86)75-106(128)89-48-20-7-21-49-89)134-119-68-40-36-64-103(119)111-82-109-101-62-34-38-66-113(101)131(115(109)84-121(111)134,94-54-26-10-27-55-94)95-56-28-11-29-57-95/h4-85H,1-3H3. The maximum Gasteiger partial charge on any atom is 0.252 e. The summed E-state index contributed by atoms with van der Waals surface area (Å²) in [6, 6.07) is 189. The monoisotopic (exact) mass is 1740 g/mol. The molecule has 2 aromatic heterocycles. The topological polar surface area (TPSA) is 16.3 Å². The minimum atomic E-state index is -0.656. The molecular formula is C132H91BN4. The van der Waals surface area contributed by atoms with E-state index in [4.69, 9.17) is 0 Å². The van der Waals surface area contributed by atoms with Gasteiger partial charge in [-0.15, -0.1) is 0 Å². The normalized spacial score (nSPS) is 13.4. The van der Waals surface area contributed by atoms with Gasteiger partial charge in [-0.05, 0) is 236 Å². The third kappa shape index (κ3) is 12.1. The van der Waals surface area contributed by atoms with Gasteiger partial charge in [-0.1, -0.05) is 421 Å². The Balaban J connectivity index is 0.798. The molecule has 0 amide bonds. The zero-order valence-corrected chi connectivity index (χ0v) is 76.2. The van der Waals surface area contributed by atoms with Crippen LogP contribution < -0.4 is 26.2 Å². The zero-order chi connectivity index (χ0) is 90.8. The number of nitrogens with zero attached hydrogens (tertiary/aromatic N) is 4. The Morgan fingerprint density at radius 2 is 0.496 bits per heavy atom. The van der Waals surface area contributed by atoms with Crippen LogP contribution in [-0.2, 0) is 16.2 Å². The lowest BCUT2D eigenvalue weighted by atomic mass is 9.33. The predicted octanol–water partition coefficient (Wildman–Crippen LogP) is 32.0. The van der Waals surface area contributed by atoms with Crippen molar-refractivity contribution in [3.63, 3.8) is 0 Å². The van der Waals surface area contributed by atoms with Gasteiger partial charge in [0.05, 0.1) is 44.3 Å². The van der Waals surface area contributed by atoms with Crippen LogP contribution in [0.15, 0.2) is 497 Å². The van der Waals surface area contributed by atoms with Gasteiger partial charge in [-0.25, -0.2) is 0 Å². The van der Waals surface area contributed by atoms with E-state index in [0.717, 1.165) is 134 Å². The second-order valence-corrected chi connectivity index (χ2v) is 38.4. The first-order valence-corrected chi connectivity index (χ1v) is 48.0. The summed E-state index contributed by atoms with van der Waals surface area (Å²) in [4.78, 5) is 5.51. The number of hydrogen-bond acceptors (Lipinski definition) is 2. The average molecular weight is 1740 g/mol. The van der Waals surface area contributed by atoms with Crippen molar-refractivity contribution in [2.24, 2.45) is 0 Å². The number of fused-ring (bicyclic) bond motifs is 16. The lowest BCUT2D eigenvalue weighted by Gasteiger charge is -2.46. The molecule has 0 unspecified atom stereocenters. The van der Waals surface area contributed by atoms with Crippen LogP contribution in [0.2, 0.25) is 0 Å². The molecule has 4 nitrogen and oxygen atoms in total. The first kappa shape index (κ1) is 79.6. The Morgan fingerprint density at radius 1 is 0.204 bits per heavy atom. The van der Waals surface area contributed by atoms with Crippen molar-refractivity contribution in [1.82, 2.24) is 9.13 Å². The van der Waals surface area contributed by atoms with E-state index in [2.05, 4.69) is 537 Å². The molecule has 23 aromatic rings. The molecule has 137 heavy (non-hydrogen) atoms. The molecule has 2 aliphatic heterocycles. The van der Waals surface area contributed by atoms with Gasteiger partial charge in [-0.3, -0.25) is 0 Å². The first-order valence-electron chi connectivity index (χ1n) is 48.0. The summed E-state index contributed by atoms with van der Waals surface area (Å²) in [5.74, 6) is 0. The molecule has 0 N–H and O–H groups in total. The van der Waals surface area contributed by atoms with Crippen molar-refractivity contribution < 1.29 is 0 Å². The van der Waals surface area contributed by atoms with Crippen molar-refractivity contribution in [2.75, 3.05) is 9.80 Å². The smallest absolute Gasteiger partial charge is 0.252 e. The van der Waals surface area contributed by atoms with E-state index >= 15 is 0 Å². The molecule has 4 aliphatic rings. The van der Waals surface area contributed by atoms with Crippen molar-refractivity contribution in [2.45, 2.75) is 37.0 Å². The SMILES string of the molecule is CC(C)(C)c1cc2c3c(c1)N(c1c(-c4ccccc4)cc(-c4ccccc4)cc1-c1ccccc1)c1cc(-n4c5ccccc5c5cc6c(cc54)C(c4ccccc4)(c4ccccc4)c4ccccc4-6)ccc1B3c1ccc(-n3c4ccccc4c4cc5c(cc43)C(c3ccccc3)(c3ccccc3)c3ccccc3-5)cc1N2c1c(-c2ccccc2)cc(-c2ccccc2)cc1-c1ccccc1. The lowest BCUT2D eigenvalue weighted by Crippen LogP contribution is -2.61. The molecule has 2 aliphatic carbocycles. The minimum absolute atomic E-state index is 0.364. The van der Waals surface area contributed by atoms with Crippen molar-refractivity contribution >= 4 is 101 Å². The number of anilines is 6. The Labute approximate surface area is 799 Å². The highest BCUT2D eigenvalue weighted by Gasteiger charge is 2.51. The molecule has 5 heteroatoms. The summed E-state index contributed by atoms with van der Waals surface area (Å²) in [5, 5.41) is 4.78. The highest BCUT2D eigenvalue weighted by Crippen LogP contribution is 2.62. The maximum atomic E-state index is 2.76. The second-order valence-electron chi connectivity index (χ2n) is 38.4. The van der Waals surface area contributed by atoms with Crippen molar-refractivity contribution in [1.29, 1.82) is 0 Å². The highest BCUT2D eigenvalue weighted by atomic mass is 15.2. The van der Waals surface area contributed by atoms with E-state index in [-0.39, 0.29) is 6.71 Å². The van der Waals surface area contributed by atoms with E-state index in [9.17, 15) is 0 Å². The molecule has 642 valence electrons. The van der Waals surface area contributed by atoms with Crippen LogP contribution in [0.5, 0.6) is 0 Å². The summed E-state index contributed by atoms with van der Waals surface area (Å²) in [6.07, 6.45) is 0. The van der Waals surface area contributed by atoms with Crippen molar-refractivity contribution in [3.05, 3.63) is 548 Å². The fraction of sp³-hybridized carbons (Fsp3) is 0.0455. The third-order valence-corrected chi connectivity index (χ3v) is 30.1. The number of rotatable bonds is 14. The van der Waals surface area contributed by atoms with Crippen LogP contribution in [-0.4, -0.2) is 15.8 Å². The Hall–Kier alpha value is -17.1. The van der Waals surface area contributed by atoms with Gasteiger partial charge in [0.1, 0.15) is 0 Å². The molecule has 27 rings (SSSR count). The zero-order valence-electron chi connectivity index (χ0n) is 76.2. The predicted molar refractivity (Wildman–Crippen MR) is 575 cm³/mol. The third-order valence-electron chi connectivity index (χ3n) is 30.1. The first-order chi connectivity index (χ1) is 67.6. The van der Waals surface area contributed by atoms with Crippen LogP contribution in [0.25, 0.3) is 144 Å². The number of para-hydroxylation sites is 2. The van der Waals surface area contributed by atoms with Crippen LogP contribution in [0.4, 0.5) is 34.1 Å². The summed E-state index contributed by atoms with van der Waals surface area (Å²) in [7, 11) is 0. The largest absolute Gasteiger partial charge is 0.310 e. The molecule has 4 heterocycles. The van der Waals surface area contributed by atoms with Gasteiger partial charge in [0, 0.05) is 77.9 Å². The van der Waals surface area contributed by atoms with Gasteiger partial charge in [0.2, 0.25) is 0 Å². The van der Waals surface area contributed by atoms with Gasteiger partial charge in [0.25, 0.3) is 6.71 Å². The fourth-order valence-corrected chi connectivity index (χ4v) is 24.2. The van der Waals surface area contributed by atoms with E-state index < -0.39 is 16.2 Å². The van der Waals surface area contributed by atoms with Crippen LogP contribution in [0, 0.1) is 0 Å². The Morgan fingerprint density at radius 3 is 0.825 bits per heavy atom. The molecule has 0 fully saturated rings. The van der Waals surface area contributed by atoms with Gasteiger partial charge < -0.3 is 18.9 Å². The van der Waals surface area contributed by atoms with E-state index in [1.807, 2.05) is 0 Å². The number of benzene rings is 21. The maximum absolute atomic E-state index is 2.76. The van der Waals surface area contributed by atoms with E-state index in [1.165, 1.54) is 110 Å². The molecule has 0 bridgehead atoms. The molecular weight excluding hydrogens is 1650 g/mol. The summed E-state index contributed by atoms with van der Waals surface area (Å²) in [6.45, 7) is 6.89. The number of hydrogen-bond donors (Lipinski definition) is 0. The summed E-state index contributed by atoms with van der Waals surface area (Å²) >= 11 is 0. The molecule has 21 aromatic carbocycles. The van der Waals surface area contributed by atoms with Crippen LogP contribution in [0.1, 0.15) is 70.8 Å². The molecule has 0 spiro atoms. The minimum Gasteiger partial charge on any atom is -0.310 e. The molecule has 0 saturated carbocycles. The van der Waals surface area contributed by atoms with Gasteiger partial charge in [0.15, 0.2) is 0 Å². The molecule has 0 radical (unpaired) electrons. The quantitative estimate of drug-likeness (QED) is 0.101. The summed E-state index contributed by atoms with van der Waals surface area (Å²) in [5.41, 5.74) is 44.6. The Kier molecular flexibility index (Phi) is 18.2. The van der Waals surface area contributed by atoms with Gasteiger partial charge in [-0.2, -0.15) is 0 Å². The molecule has 0 saturated heterocycles. The fourth-order valence-electron chi connectivity index (χ4n) is 24.2. The van der Waals surface area contributed by atoms with E-state index in [1.54, 1.807) is 0 Å².